The van der Waals surface area contributed by atoms with Crippen molar-refractivity contribution in [2.75, 3.05) is 23.7 Å². The monoisotopic (exact) mass is 427 g/mol. The summed E-state index contributed by atoms with van der Waals surface area (Å²) in [6.07, 6.45) is 1.21. The third-order valence-electron chi connectivity index (χ3n) is 3.93. The molecule has 0 aliphatic carbocycles. The lowest BCUT2D eigenvalue weighted by atomic mass is 10.2. The van der Waals surface area contributed by atoms with Crippen LogP contribution in [0.15, 0.2) is 54.9 Å². The molecule has 154 valence electrons. The second kappa shape index (κ2) is 9.43. The SMILES string of the molecule is COc1ccccc1C(=O)NNc1ncnc(NNC(=O)c2ccc(Cl)cc2)c1N. The molecule has 1 heterocycles. The molecule has 0 aliphatic rings. The Balaban J connectivity index is 1.64. The van der Waals surface area contributed by atoms with Crippen molar-refractivity contribution < 1.29 is 14.3 Å². The van der Waals surface area contributed by atoms with E-state index in [9.17, 15) is 9.59 Å². The highest BCUT2D eigenvalue weighted by atomic mass is 35.5. The van der Waals surface area contributed by atoms with Crippen LogP contribution in [0.2, 0.25) is 5.02 Å². The van der Waals surface area contributed by atoms with Crippen molar-refractivity contribution in [2.45, 2.75) is 0 Å². The molecule has 0 saturated heterocycles. The lowest BCUT2D eigenvalue weighted by Gasteiger charge is -2.14. The zero-order valence-electron chi connectivity index (χ0n) is 15.8. The molecule has 0 spiro atoms. The van der Waals surface area contributed by atoms with E-state index in [4.69, 9.17) is 22.1 Å². The minimum atomic E-state index is -0.448. The number of rotatable bonds is 7. The van der Waals surface area contributed by atoms with Gasteiger partial charge in [-0.3, -0.25) is 31.3 Å². The van der Waals surface area contributed by atoms with E-state index in [-0.39, 0.29) is 17.3 Å². The molecule has 6 N–H and O–H groups in total. The summed E-state index contributed by atoms with van der Waals surface area (Å²) in [6.45, 7) is 0. The van der Waals surface area contributed by atoms with E-state index in [0.29, 0.717) is 21.9 Å². The Morgan fingerprint density at radius 2 is 1.53 bits per heavy atom. The smallest absolute Gasteiger partial charge is 0.273 e. The van der Waals surface area contributed by atoms with Crippen LogP contribution in [0.1, 0.15) is 20.7 Å². The van der Waals surface area contributed by atoms with Crippen LogP contribution in [-0.2, 0) is 0 Å². The molecule has 30 heavy (non-hydrogen) atoms. The van der Waals surface area contributed by atoms with Crippen LogP contribution in [0.5, 0.6) is 5.75 Å². The Morgan fingerprint density at radius 1 is 0.933 bits per heavy atom. The Bertz CT molecular complexity index is 1060. The van der Waals surface area contributed by atoms with Gasteiger partial charge in [0.1, 0.15) is 17.8 Å². The highest BCUT2D eigenvalue weighted by molar-refractivity contribution is 6.30. The number of nitrogens with one attached hydrogen (secondary N) is 4. The largest absolute Gasteiger partial charge is 0.496 e. The van der Waals surface area contributed by atoms with Crippen molar-refractivity contribution in [3.63, 3.8) is 0 Å². The fourth-order valence-electron chi connectivity index (χ4n) is 2.40. The van der Waals surface area contributed by atoms with E-state index in [1.807, 2.05) is 0 Å². The van der Waals surface area contributed by atoms with E-state index >= 15 is 0 Å². The molecule has 11 heteroatoms. The van der Waals surface area contributed by atoms with Gasteiger partial charge in [0.2, 0.25) is 0 Å². The van der Waals surface area contributed by atoms with Crippen LogP contribution < -0.4 is 32.2 Å². The number of benzene rings is 2. The summed E-state index contributed by atoms with van der Waals surface area (Å²) in [5.41, 5.74) is 17.0. The lowest BCUT2D eigenvalue weighted by molar-refractivity contribution is 0.0953. The number of carbonyl (C=O) groups excluding carboxylic acids is 2. The molecule has 2 aromatic carbocycles. The zero-order valence-corrected chi connectivity index (χ0v) is 16.5. The first kappa shape index (κ1) is 20.7. The zero-order chi connectivity index (χ0) is 21.5. The molecular weight excluding hydrogens is 410 g/mol. The van der Waals surface area contributed by atoms with Crippen LogP contribution in [0.25, 0.3) is 0 Å². The molecule has 0 atom stereocenters. The molecule has 0 unspecified atom stereocenters. The number of hydrogen-bond donors (Lipinski definition) is 5. The van der Waals surface area contributed by atoms with Crippen LogP contribution in [0.4, 0.5) is 17.3 Å². The van der Waals surface area contributed by atoms with Gasteiger partial charge in [-0.1, -0.05) is 23.7 Å². The number of para-hydroxylation sites is 1. The summed E-state index contributed by atoms with van der Waals surface area (Å²) in [6, 6.07) is 13.1. The molecule has 0 saturated carbocycles. The minimum absolute atomic E-state index is 0.0780. The summed E-state index contributed by atoms with van der Waals surface area (Å²) in [7, 11) is 1.47. The maximum atomic E-state index is 12.4. The average Bonchev–Trinajstić information content (AvgIpc) is 2.77. The van der Waals surface area contributed by atoms with Gasteiger partial charge in [-0.15, -0.1) is 0 Å². The first-order chi connectivity index (χ1) is 14.5. The number of anilines is 3. The number of methoxy groups -OCH3 is 1. The van der Waals surface area contributed by atoms with Crippen LogP contribution in [0.3, 0.4) is 0 Å². The summed E-state index contributed by atoms with van der Waals surface area (Å²) < 4.78 is 5.16. The van der Waals surface area contributed by atoms with Crippen molar-refractivity contribution in [3.05, 3.63) is 71.0 Å². The number of hydrogen-bond acceptors (Lipinski definition) is 8. The predicted molar refractivity (Wildman–Crippen MR) is 113 cm³/mol. The number of amides is 2. The standard InChI is InChI=1S/C19H18ClN7O3/c1-30-14-5-3-2-4-13(14)19(29)27-25-17-15(21)16(22-10-23-17)24-26-18(28)11-6-8-12(20)9-7-11/h2-10H,21H2,1H3,(H,26,28)(H,27,29)(H2,22,23,24,25). The van der Waals surface area contributed by atoms with Crippen LogP contribution >= 0.6 is 11.6 Å². The maximum Gasteiger partial charge on any atom is 0.273 e. The number of nitrogen functional groups attached to an aromatic ring is 1. The first-order valence-corrected chi connectivity index (χ1v) is 8.99. The highest BCUT2D eigenvalue weighted by Crippen LogP contribution is 2.22. The van der Waals surface area contributed by atoms with E-state index in [2.05, 4.69) is 31.7 Å². The van der Waals surface area contributed by atoms with Gasteiger partial charge in [-0.25, -0.2) is 9.97 Å². The Hall–Kier alpha value is -4.05. The molecule has 10 nitrogen and oxygen atoms in total. The summed E-state index contributed by atoms with van der Waals surface area (Å²) in [5.74, 6) is -0.169. The van der Waals surface area contributed by atoms with Gasteiger partial charge in [0.15, 0.2) is 11.6 Å². The van der Waals surface area contributed by atoms with Gasteiger partial charge in [-0.05, 0) is 36.4 Å². The molecular formula is C19H18ClN7O3. The van der Waals surface area contributed by atoms with Gasteiger partial charge in [-0.2, -0.15) is 0 Å². The predicted octanol–water partition coefficient (Wildman–Crippen LogP) is 2.23. The molecule has 0 aliphatic heterocycles. The first-order valence-electron chi connectivity index (χ1n) is 8.61. The third-order valence-corrected chi connectivity index (χ3v) is 4.18. The number of ether oxygens (including phenoxy) is 1. The molecule has 0 radical (unpaired) electrons. The Morgan fingerprint density at radius 3 is 2.17 bits per heavy atom. The maximum absolute atomic E-state index is 12.4. The average molecular weight is 428 g/mol. The lowest BCUT2D eigenvalue weighted by Crippen LogP contribution is -2.32. The molecule has 3 rings (SSSR count). The number of halogens is 1. The number of nitrogens with two attached hydrogens (primary N) is 1. The van der Waals surface area contributed by atoms with Crippen molar-refractivity contribution in [3.8, 4) is 5.75 Å². The van der Waals surface area contributed by atoms with Gasteiger partial charge >= 0.3 is 0 Å². The van der Waals surface area contributed by atoms with Gasteiger partial charge in [0.25, 0.3) is 11.8 Å². The number of hydrazine groups is 2. The van der Waals surface area contributed by atoms with Crippen LogP contribution in [-0.4, -0.2) is 28.9 Å². The van der Waals surface area contributed by atoms with Gasteiger partial charge in [0, 0.05) is 10.6 Å². The quantitative estimate of drug-likeness (QED) is 0.361. The highest BCUT2D eigenvalue weighted by Gasteiger charge is 2.14. The van der Waals surface area contributed by atoms with Crippen LogP contribution in [0, 0.1) is 0 Å². The van der Waals surface area contributed by atoms with E-state index in [1.165, 1.54) is 13.4 Å². The van der Waals surface area contributed by atoms with E-state index in [0.717, 1.165) is 0 Å². The van der Waals surface area contributed by atoms with Crippen molar-refractivity contribution in [1.29, 1.82) is 0 Å². The topological polar surface area (TPSA) is 143 Å². The van der Waals surface area contributed by atoms with Gasteiger partial charge in [0.05, 0.1) is 12.7 Å². The fraction of sp³-hybridized carbons (Fsp3) is 0.0526. The molecule has 1 aromatic heterocycles. The van der Waals surface area contributed by atoms with Crippen molar-refractivity contribution >= 4 is 40.7 Å². The summed E-state index contributed by atoms with van der Waals surface area (Å²) in [4.78, 5) is 32.5. The van der Waals surface area contributed by atoms with Gasteiger partial charge < -0.3 is 10.5 Å². The summed E-state index contributed by atoms with van der Waals surface area (Å²) >= 11 is 5.81. The number of nitrogens with zero attached hydrogens (tertiary/aromatic N) is 2. The number of carbonyl (C=O) groups is 2. The fourth-order valence-corrected chi connectivity index (χ4v) is 2.53. The second-order valence-corrected chi connectivity index (χ2v) is 6.29. The Labute approximate surface area is 176 Å². The number of aromatic nitrogens is 2. The molecule has 0 fully saturated rings. The van der Waals surface area contributed by atoms with E-state index < -0.39 is 11.8 Å². The van der Waals surface area contributed by atoms with E-state index in [1.54, 1.807) is 48.5 Å². The van der Waals surface area contributed by atoms with Crippen molar-refractivity contribution in [1.82, 2.24) is 20.8 Å². The third kappa shape index (κ3) is 4.86. The van der Waals surface area contributed by atoms with Crippen molar-refractivity contribution in [2.24, 2.45) is 0 Å². The normalized spacial score (nSPS) is 10.1. The summed E-state index contributed by atoms with van der Waals surface area (Å²) in [5, 5.41) is 0.519. The Kier molecular flexibility index (Phi) is 6.50. The molecule has 2 amide bonds. The second-order valence-electron chi connectivity index (χ2n) is 5.85. The minimum Gasteiger partial charge on any atom is -0.496 e. The molecule has 0 bridgehead atoms. The molecule has 3 aromatic rings.